The van der Waals surface area contributed by atoms with Crippen molar-refractivity contribution in [3.8, 4) is 5.75 Å². The average Bonchev–Trinajstić information content (AvgIpc) is 2.95. The third kappa shape index (κ3) is 3.70. The molecule has 0 aliphatic rings. The quantitative estimate of drug-likeness (QED) is 0.649. The largest absolute Gasteiger partial charge is 0.496 e. The fourth-order valence-electron chi connectivity index (χ4n) is 2.63. The highest BCUT2D eigenvalue weighted by molar-refractivity contribution is 8.93. The van der Waals surface area contributed by atoms with Crippen molar-refractivity contribution < 1.29 is 4.74 Å². The summed E-state index contributed by atoms with van der Waals surface area (Å²) in [4.78, 5) is 3.32. The Hall–Kier alpha value is -1.78. The van der Waals surface area contributed by atoms with E-state index in [1.165, 1.54) is 22.0 Å². The van der Waals surface area contributed by atoms with Crippen LogP contribution in [0.4, 0.5) is 0 Å². The van der Waals surface area contributed by atoms with Crippen molar-refractivity contribution in [1.82, 2.24) is 10.3 Å². The molecule has 0 unspecified atom stereocenters. The summed E-state index contributed by atoms with van der Waals surface area (Å²) in [5.74, 6) is 0.942. The van der Waals surface area contributed by atoms with Crippen LogP contribution in [0, 0.1) is 0 Å². The zero-order valence-corrected chi connectivity index (χ0v) is 14.3. The predicted octanol–water partition coefficient (Wildman–Crippen LogP) is 4.09. The lowest BCUT2D eigenvalue weighted by atomic mass is 10.1. The number of methoxy groups -OCH3 is 1. The Balaban J connectivity index is 0.00000176. The van der Waals surface area contributed by atoms with E-state index in [0.29, 0.717) is 0 Å². The highest BCUT2D eigenvalue weighted by atomic mass is 79.9. The number of halogens is 1. The summed E-state index contributed by atoms with van der Waals surface area (Å²) in [6, 6.07) is 16.6. The van der Waals surface area contributed by atoms with E-state index >= 15 is 0 Å². The third-order valence-electron chi connectivity index (χ3n) is 3.75. The van der Waals surface area contributed by atoms with Crippen LogP contribution in [0.25, 0.3) is 10.9 Å². The van der Waals surface area contributed by atoms with Gasteiger partial charge in [0.1, 0.15) is 5.75 Å². The molecule has 0 spiro atoms. The molecule has 3 rings (SSSR count). The Morgan fingerprint density at radius 2 is 1.77 bits per heavy atom. The van der Waals surface area contributed by atoms with E-state index in [-0.39, 0.29) is 17.0 Å². The molecule has 0 bridgehead atoms. The van der Waals surface area contributed by atoms with Crippen molar-refractivity contribution >= 4 is 27.9 Å². The zero-order chi connectivity index (χ0) is 14.5. The number of para-hydroxylation sites is 2. The third-order valence-corrected chi connectivity index (χ3v) is 3.75. The maximum absolute atomic E-state index is 5.36. The van der Waals surface area contributed by atoms with Crippen LogP contribution in [0.3, 0.4) is 0 Å². The summed E-state index contributed by atoms with van der Waals surface area (Å²) in [7, 11) is 1.71. The number of aromatic amines is 1. The van der Waals surface area contributed by atoms with Crippen molar-refractivity contribution in [2.45, 2.75) is 13.0 Å². The smallest absolute Gasteiger partial charge is 0.123 e. The van der Waals surface area contributed by atoms with Crippen LogP contribution < -0.4 is 10.1 Å². The Bertz CT molecular complexity index is 724. The molecule has 0 aliphatic carbocycles. The first kappa shape index (κ1) is 16.6. The maximum atomic E-state index is 5.36. The number of hydrogen-bond donors (Lipinski definition) is 2. The summed E-state index contributed by atoms with van der Waals surface area (Å²) in [5.41, 5.74) is 3.76. The number of H-pyrrole nitrogens is 1. The van der Waals surface area contributed by atoms with Crippen molar-refractivity contribution in [3.05, 3.63) is 65.9 Å². The van der Waals surface area contributed by atoms with Crippen LogP contribution in [0.5, 0.6) is 5.75 Å². The molecule has 0 aliphatic heterocycles. The second kappa shape index (κ2) is 8.01. The van der Waals surface area contributed by atoms with Crippen LogP contribution in [0.15, 0.2) is 54.7 Å². The van der Waals surface area contributed by atoms with Gasteiger partial charge in [0, 0.05) is 29.2 Å². The van der Waals surface area contributed by atoms with E-state index in [0.717, 1.165) is 25.3 Å². The standard InChI is InChI=1S/C18H20N2O.BrH/c1-21-18-9-5-2-6-15(18)12-19-11-10-14-13-20-17-8-4-3-7-16(14)17;/h2-9,13,19-20H,10-12H2,1H3;1H. The fourth-order valence-corrected chi connectivity index (χ4v) is 2.63. The first-order chi connectivity index (χ1) is 10.4. The molecule has 0 saturated carbocycles. The van der Waals surface area contributed by atoms with Crippen LogP contribution in [-0.2, 0) is 13.0 Å². The predicted molar refractivity (Wildman–Crippen MR) is 97.0 cm³/mol. The lowest BCUT2D eigenvalue weighted by molar-refractivity contribution is 0.408. The molecule has 22 heavy (non-hydrogen) atoms. The molecule has 116 valence electrons. The van der Waals surface area contributed by atoms with E-state index in [9.17, 15) is 0 Å². The van der Waals surface area contributed by atoms with E-state index < -0.39 is 0 Å². The molecule has 4 heteroatoms. The van der Waals surface area contributed by atoms with Crippen LogP contribution in [0.1, 0.15) is 11.1 Å². The van der Waals surface area contributed by atoms with Gasteiger partial charge in [0.15, 0.2) is 0 Å². The number of fused-ring (bicyclic) bond motifs is 1. The molecule has 0 saturated heterocycles. The number of ether oxygens (including phenoxy) is 1. The molecule has 0 fully saturated rings. The highest BCUT2D eigenvalue weighted by Crippen LogP contribution is 2.18. The molecule has 2 aromatic carbocycles. The fraction of sp³-hybridized carbons (Fsp3) is 0.222. The monoisotopic (exact) mass is 360 g/mol. The topological polar surface area (TPSA) is 37.0 Å². The molecular formula is C18H21BrN2O. The first-order valence-electron chi connectivity index (χ1n) is 7.26. The highest BCUT2D eigenvalue weighted by Gasteiger charge is 2.03. The summed E-state index contributed by atoms with van der Waals surface area (Å²) in [6.45, 7) is 1.77. The van der Waals surface area contributed by atoms with Gasteiger partial charge in [-0.1, -0.05) is 36.4 Å². The first-order valence-corrected chi connectivity index (χ1v) is 7.26. The zero-order valence-electron chi connectivity index (χ0n) is 12.6. The van der Waals surface area contributed by atoms with Gasteiger partial charge in [-0.3, -0.25) is 0 Å². The summed E-state index contributed by atoms with van der Waals surface area (Å²) >= 11 is 0. The Kier molecular flexibility index (Phi) is 6.04. The van der Waals surface area contributed by atoms with E-state index in [1.807, 2.05) is 18.2 Å². The lowest BCUT2D eigenvalue weighted by Crippen LogP contribution is -2.17. The van der Waals surface area contributed by atoms with E-state index in [1.54, 1.807) is 7.11 Å². The minimum atomic E-state index is 0. The van der Waals surface area contributed by atoms with Gasteiger partial charge >= 0.3 is 0 Å². The summed E-state index contributed by atoms with van der Waals surface area (Å²) < 4.78 is 5.36. The second-order valence-corrected chi connectivity index (χ2v) is 5.10. The lowest BCUT2D eigenvalue weighted by Gasteiger charge is -2.09. The Morgan fingerprint density at radius 1 is 1.00 bits per heavy atom. The van der Waals surface area contributed by atoms with Crippen molar-refractivity contribution in [3.63, 3.8) is 0 Å². The van der Waals surface area contributed by atoms with Crippen molar-refractivity contribution in [2.75, 3.05) is 13.7 Å². The Morgan fingerprint density at radius 3 is 2.64 bits per heavy atom. The summed E-state index contributed by atoms with van der Waals surface area (Å²) in [5, 5.41) is 4.80. The van der Waals surface area contributed by atoms with Crippen LogP contribution in [-0.4, -0.2) is 18.6 Å². The summed E-state index contributed by atoms with van der Waals surface area (Å²) in [6.07, 6.45) is 3.12. The second-order valence-electron chi connectivity index (χ2n) is 5.10. The maximum Gasteiger partial charge on any atom is 0.123 e. The minimum Gasteiger partial charge on any atom is -0.496 e. The van der Waals surface area contributed by atoms with Crippen LogP contribution >= 0.6 is 17.0 Å². The number of aromatic nitrogens is 1. The van der Waals surface area contributed by atoms with Crippen LogP contribution in [0.2, 0.25) is 0 Å². The number of hydrogen-bond acceptors (Lipinski definition) is 2. The van der Waals surface area contributed by atoms with Gasteiger partial charge in [0.2, 0.25) is 0 Å². The molecule has 3 aromatic rings. The minimum absolute atomic E-state index is 0. The molecule has 0 radical (unpaired) electrons. The number of benzene rings is 2. The van der Waals surface area contributed by atoms with Gasteiger partial charge < -0.3 is 15.0 Å². The van der Waals surface area contributed by atoms with Gasteiger partial charge in [0.05, 0.1) is 7.11 Å². The van der Waals surface area contributed by atoms with E-state index in [2.05, 4.69) is 46.8 Å². The normalized spacial score (nSPS) is 10.4. The van der Waals surface area contributed by atoms with Crippen molar-refractivity contribution in [2.24, 2.45) is 0 Å². The van der Waals surface area contributed by atoms with Gasteiger partial charge in [-0.2, -0.15) is 0 Å². The number of nitrogens with one attached hydrogen (secondary N) is 2. The number of rotatable bonds is 6. The SMILES string of the molecule is Br.COc1ccccc1CNCCc1c[nH]c2ccccc12. The van der Waals surface area contributed by atoms with Gasteiger partial charge in [-0.25, -0.2) is 0 Å². The van der Waals surface area contributed by atoms with Gasteiger partial charge in [0.25, 0.3) is 0 Å². The molecule has 3 nitrogen and oxygen atoms in total. The molecule has 1 heterocycles. The molecule has 0 atom stereocenters. The van der Waals surface area contributed by atoms with Crippen molar-refractivity contribution in [1.29, 1.82) is 0 Å². The molecular weight excluding hydrogens is 340 g/mol. The average molecular weight is 361 g/mol. The van der Waals surface area contributed by atoms with Gasteiger partial charge in [-0.05, 0) is 30.7 Å². The van der Waals surface area contributed by atoms with Gasteiger partial charge in [-0.15, -0.1) is 17.0 Å². The molecule has 0 amide bonds. The van der Waals surface area contributed by atoms with E-state index in [4.69, 9.17) is 4.74 Å². The molecule has 1 aromatic heterocycles. The Labute approximate surface area is 141 Å². The molecule has 2 N–H and O–H groups in total.